The van der Waals surface area contributed by atoms with Crippen molar-refractivity contribution < 1.29 is 9.59 Å². The van der Waals surface area contributed by atoms with Crippen molar-refractivity contribution in [2.24, 2.45) is 5.73 Å². The van der Waals surface area contributed by atoms with Crippen molar-refractivity contribution in [3.8, 4) is 0 Å². The molecule has 0 spiro atoms. The van der Waals surface area contributed by atoms with E-state index in [4.69, 9.17) is 5.73 Å². The van der Waals surface area contributed by atoms with E-state index in [0.29, 0.717) is 0 Å². The Kier molecular flexibility index (Phi) is 5.93. The van der Waals surface area contributed by atoms with Gasteiger partial charge in [0.1, 0.15) is 6.42 Å². The van der Waals surface area contributed by atoms with Crippen molar-refractivity contribution in [1.82, 2.24) is 5.32 Å². The summed E-state index contributed by atoms with van der Waals surface area (Å²) in [7, 11) is 0. The molecule has 4 heteroatoms. The molecular formula is C9H18N2O2. The first kappa shape index (κ1) is 11.9. The van der Waals surface area contributed by atoms with Gasteiger partial charge in [-0.15, -0.1) is 0 Å². The van der Waals surface area contributed by atoms with Gasteiger partial charge >= 0.3 is 0 Å². The minimum atomic E-state index is -0.580. The first-order valence-corrected chi connectivity index (χ1v) is 4.67. The third-order valence-corrected chi connectivity index (χ3v) is 1.83. The van der Waals surface area contributed by atoms with Crippen molar-refractivity contribution >= 4 is 11.8 Å². The van der Waals surface area contributed by atoms with E-state index in [0.717, 1.165) is 19.3 Å². The predicted octanol–water partition coefficient (Wildman–Crippen LogP) is 0.557. The van der Waals surface area contributed by atoms with Crippen LogP contribution in [0.15, 0.2) is 0 Å². The van der Waals surface area contributed by atoms with Crippen LogP contribution in [0.4, 0.5) is 0 Å². The Morgan fingerprint density at radius 1 is 1.38 bits per heavy atom. The van der Waals surface area contributed by atoms with Gasteiger partial charge in [-0.1, -0.05) is 20.3 Å². The zero-order valence-electron chi connectivity index (χ0n) is 8.30. The molecule has 1 unspecified atom stereocenters. The van der Waals surface area contributed by atoms with E-state index in [-0.39, 0.29) is 18.4 Å². The second kappa shape index (κ2) is 6.46. The third kappa shape index (κ3) is 6.13. The van der Waals surface area contributed by atoms with Gasteiger partial charge in [0.25, 0.3) is 0 Å². The molecule has 0 aliphatic carbocycles. The maximum atomic E-state index is 11.1. The molecule has 0 radical (unpaired) electrons. The molecule has 0 bridgehead atoms. The van der Waals surface area contributed by atoms with Crippen molar-refractivity contribution in [3.63, 3.8) is 0 Å². The topological polar surface area (TPSA) is 72.2 Å². The summed E-state index contributed by atoms with van der Waals surface area (Å²) < 4.78 is 0. The van der Waals surface area contributed by atoms with Crippen LogP contribution in [0.5, 0.6) is 0 Å². The van der Waals surface area contributed by atoms with E-state index >= 15 is 0 Å². The van der Waals surface area contributed by atoms with Crippen LogP contribution >= 0.6 is 0 Å². The Bertz CT molecular complexity index is 180. The number of rotatable bonds is 6. The van der Waals surface area contributed by atoms with Crippen LogP contribution in [-0.4, -0.2) is 17.9 Å². The zero-order chi connectivity index (χ0) is 10.3. The average Bonchev–Trinajstić information content (AvgIpc) is 2.02. The summed E-state index contributed by atoms with van der Waals surface area (Å²) in [5.41, 5.74) is 4.88. The second-order valence-electron chi connectivity index (χ2n) is 3.10. The molecule has 4 nitrogen and oxygen atoms in total. The summed E-state index contributed by atoms with van der Waals surface area (Å²) in [5, 5.41) is 2.76. The van der Waals surface area contributed by atoms with E-state index in [1.807, 2.05) is 6.92 Å². The Hall–Kier alpha value is -1.06. The van der Waals surface area contributed by atoms with E-state index in [2.05, 4.69) is 12.2 Å². The number of nitrogens with two attached hydrogens (primary N) is 1. The lowest BCUT2D eigenvalue weighted by atomic mass is 10.1. The van der Waals surface area contributed by atoms with E-state index in [1.165, 1.54) is 0 Å². The Morgan fingerprint density at radius 2 is 2.00 bits per heavy atom. The fourth-order valence-electron chi connectivity index (χ4n) is 1.16. The highest BCUT2D eigenvalue weighted by Crippen LogP contribution is 2.00. The first-order valence-electron chi connectivity index (χ1n) is 4.67. The van der Waals surface area contributed by atoms with Gasteiger partial charge in [-0.25, -0.2) is 0 Å². The van der Waals surface area contributed by atoms with Gasteiger partial charge in [-0.2, -0.15) is 0 Å². The highest BCUT2D eigenvalue weighted by molar-refractivity contribution is 5.96. The lowest BCUT2D eigenvalue weighted by Crippen LogP contribution is -2.36. The maximum absolute atomic E-state index is 11.1. The summed E-state index contributed by atoms with van der Waals surface area (Å²) in [6, 6.07) is 0.178. The Balaban J connectivity index is 3.79. The molecule has 0 heterocycles. The van der Waals surface area contributed by atoms with Crippen molar-refractivity contribution in [2.75, 3.05) is 0 Å². The predicted molar refractivity (Wildman–Crippen MR) is 50.9 cm³/mol. The molecule has 0 rings (SSSR count). The van der Waals surface area contributed by atoms with Crippen molar-refractivity contribution in [1.29, 1.82) is 0 Å². The standard InChI is InChI=1S/C9H18N2O2/c1-3-5-7(4-2)11-9(13)6-8(10)12/h7H,3-6H2,1-2H3,(H2,10,12)(H,11,13). The minimum absolute atomic E-state index is 0.178. The second-order valence-corrected chi connectivity index (χ2v) is 3.10. The summed E-state index contributed by atoms with van der Waals surface area (Å²) in [5.74, 6) is -0.850. The van der Waals surface area contributed by atoms with Gasteiger partial charge in [0.05, 0.1) is 0 Å². The maximum Gasteiger partial charge on any atom is 0.229 e. The molecule has 0 aliphatic rings. The molecule has 1 atom stereocenters. The Morgan fingerprint density at radius 3 is 2.38 bits per heavy atom. The molecule has 3 N–H and O–H groups in total. The van der Waals surface area contributed by atoms with E-state index in [1.54, 1.807) is 0 Å². The largest absolute Gasteiger partial charge is 0.369 e. The van der Waals surface area contributed by atoms with Crippen molar-refractivity contribution in [2.45, 2.75) is 45.6 Å². The molecule has 0 aromatic rings. The number of hydrogen-bond donors (Lipinski definition) is 2. The van der Waals surface area contributed by atoms with Gasteiger partial charge in [0.15, 0.2) is 0 Å². The van der Waals surface area contributed by atoms with E-state index < -0.39 is 5.91 Å². The average molecular weight is 186 g/mol. The van der Waals surface area contributed by atoms with Gasteiger partial charge in [0, 0.05) is 6.04 Å². The van der Waals surface area contributed by atoms with Crippen LogP contribution in [0.25, 0.3) is 0 Å². The monoisotopic (exact) mass is 186 g/mol. The molecule has 2 amide bonds. The molecule has 0 fully saturated rings. The molecule has 13 heavy (non-hydrogen) atoms. The lowest BCUT2D eigenvalue weighted by molar-refractivity contribution is -0.128. The lowest BCUT2D eigenvalue weighted by Gasteiger charge is -2.15. The van der Waals surface area contributed by atoms with Gasteiger partial charge in [0.2, 0.25) is 11.8 Å². The highest BCUT2D eigenvalue weighted by atomic mass is 16.2. The van der Waals surface area contributed by atoms with E-state index in [9.17, 15) is 9.59 Å². The molecule has 0 aromatic carbocycles. The van der Waals surface area contributed by atoms with Crippen LogP contribution < -0.4 is 11.1 Å². The van der Waals surface area contributed by atoms with Crippen LogP contribution in [0.2, 0.25) is 0 Å². The number of carbonyl (C=O) groups excluding carboxylic acids is 2. The SMILES string of the molecule is CCCC(CC)NC(=O)CC(N)=O. The highest BCUT2D eigenvalue weighted by Gasteiger charge is 2.10. The van der Waals surface area contributed by atoms with Gasteiger partial charge in [-0.05, 0) is 12.8 Å². The molecule has 76 valence electrons. The molecular weight excluding hydrogens is 168 g/mol. The number of primary amides is 1. The fourth-order valence-corrected chi connectivity index (χ4v) is 1.16. The van der Waals surface area contributed by atoms with Gasteiger partial charge < -0.3 is 11.1 Å². The van der Waals surface area contributed by atoms with Crippen LogP contribution in [0.3, 0.4) is 0 Å². The number of amides is 2. The fraction of sp³-hybridized carbons (Fsp3) is 0.778. The first-order chi connectivity index (χ1) is 6.10. The smallest absolute Gasteiger partial charge is 0.229 e. The summed E-state index contributed by atoms with van der Waals surface area (Å²) in [6.07, 6.45) is 2.65. The summed E-state index contributed by atoms with van der Waals surface area (Å²) in [4.78, 5) is 21.5. The molecule has 0 saturated heterocycles. The molecule has 0 saturated carbocycles. The molecule has 0 aliphatic heterocycles. The zero-order valence-corrected chi connectivity index (χ0v) is 8.30. The van der Waals surface area contributed by atoms with Crippen LogP contribution in [-0.2, 0) is 9.59 Å². The number of hydrogen-bond acceptors (Lipinski definition) is 2. The normalized spacial score (nSPS) is 12.2. The third-order valence-electron chi connectivity index (χ3n) is 1.83. The quantitative estimate of drug-likeness (QED) is 0.595. The number of nitrogens with one attached hydrogen (secondary N) is 1. The van der Waals surface area contributed by atoms with Crippen LogP contribution in [0, 0.1) is 0 Å². The number of carbonyl (C=O) groups is 2. The molecule has 0 aromatic heterocycles. The van der Waals surface area contributed by atoms with Crippen molar-refractivity contribution in [3.05, 3.63) is 0 Å². The van der Waals surface area contributed by atoms with Crippen LogP contribution in [0.1, 0.15) is 39.5 Å². The minimum Gasteiger partial charge on any atom is -0.369 e. The summed E-state index contributed by atoms with van der Waals surface area (Å²) >= 11 is 0. The Labute approximate surface area is 78.9 Å². The van der Waals surface area contributed by atoms with Gasteiger partial charge in [-0.3, -0.25) is 9.59 Å². The summed E-state index contributed by atoms with van der Waals surface area (Å²) in [6.45, 7) is 4.06.